The summed E-state index contributed by atoms with van der Waals surface area (Å²) in [5, 5.41) is 0. The van der Waals surface area contributed by atoms with E-state index >= 15 is 0 Å². The molecule has 1 aliphatic heterocycles. The lowest BCUT2D eigenvalue weighted by Crippen LogP contribution is -2.56. The number of terminal acetylenes is 1. The summed E-state index contributed by atoms with van der Waals surface area (Å²) < 4.78 is 0. The first-order valence-electron chi connectivity index (χ1n) is 5.52. The fourth-order valence-electron chi connectivity index (χ4n) is 2.05. The predicted octanol–water partition coefficient (Wildman–Crippen LogP) is 1.42. The van der Waals surface area contributed by atoms with Crippen LogP contribution in [0.3, 0.4) is 0 Å². The maximum atomic E-state index is 5.58. The highest BCUT2D eigenvalue weighted by Crippen LogP contribution is 2.14. The maximum Gasteiger partial charge on any atom is 0.0843 e. The molecule has 1 aliphatic rings. The molecule has 1 atom stereocenters. The Hall–Kier alpha value is -0.520. The zero-order valence-corrected chi connectivity index (χ0v) is 9.83. The van der Waals surface area contributed by atoms with E-state index in [9.17, 15) is 0 Å². The molecule has 0 aliphatic carbocycles. The summed E-state index contributed by atoms with van der Waals surface area (Å²) in [4.78, 5) is 4.88. The zero-order valence-electron chi connectivity index (χ0n) is 9.83. The summed E-state index contributed by atoms with van der Waals surface area (Å²) >= 11 is 0. The second kappa shape index (κ2) is 4.82. The van der Waals surface area contributed by atoms with Gasteiger partial charge in [-0.2, -0.15) is 0 Å². The molecule has 0 radical (unpaired) electrons. The van der Waals surface area contributed by atoms with Crippen molar-refractivity contribution in [1.29, 1.82) is 0 Å². The highest BCUT2D eigenvalue weighted by molar-refractivity contribution is 5.04. The van der Waals surface area contributed by atoms with Gasteiger partial charge in [0, 0.05) is 31.7 Å². The normalized spacial score (nSPS) is 25.6. The average molecular weight is 194 g/mol. The van der Waals surface area contributed by atoms with Gasteiger partial charge in [-0.3, -0.25) is 9.80 Å². The first-order valence-corrected chi connectivity index (χ1v) is 5.52. The van der Waals surface area contributed by atoms with Gasteiger partial charge < -0.3 is 0 Å². The van der Waals surface area contributed by atoms with E-state index in [1.54, 1.807) is 0 Å². The minimum atomic E-state index is 0.297. The van der Waals surface area contributed by atoms with Crippen molar-refractivity contribution in [2.24, 2.45) is 0 Å². The van der Waals surface area contributed by atoms with Crippen molar-refractivity contribution in [3.05, 3.63) is 0 Å². The van der Waals surface area contributed by atoms with Gasteiger partial charge in [0.25, 0.3) is 0 Å². The summed E-state index contributed by atoms with van der Waals surface area (Å²) in [7, 11) is 0. The quantitative estimate of drug-likeness (QED) is 0.614. The van der Waals surface area contributed by atoms with Crippen molar-refractivity contribution in [2.75, 3.05) is 19.6 Å². The Kier molecular flexibility index (Phi) is 3.97. The summed E-state index contributed by atoms with van der Waals surface area (Å²) in [5.74, 6) is 2.90. The molecule has 1 saturated heterocycles. The minimum Gasteiger partial charge on any atom is -0.297 e. The molecule has 14 heavy (non-hydrogen) atoms. The third-order valence-corrected chi connectivity index (χ3v) is 3.04. The second-order valence-electron chi connectivity index (χ2n) is 4.60. The van der Waals surface area contributed by atoms with Crippen molar-refractivity contribution in [3.8, 4) is 12.3 Å². The van der Waals surface area contributed by atoms with Crippen molar-refractivity contribution in [2.45, 2.75) is 45.8 Å². The third-order valence-electron chi connectivity index (χ3n) is 3.04. The van der Waals surface area contributed by atoms with Gasteiger partial charge >= 0.3 is 0 Å². The van der Waals surface area contributed by atoms with Crippen LogP contribution in [0.1, 0.15) is 27.7 Å². The molecular weight excluding hydrogens is 172 g/mol. The standard InChI is InChI=1S/C12H22N2/c1-6-12-9-13(10(2)3)7-8-14(12)11(4)5/h1,10-12H,7-9H2,2-5H3. The molecule has 0 bridgehead atoms. The first-order chi connectivity index (χ1) is 6.56. The van der Waals surface area contributed by atoms with E-state index in [1.165, 1.54) is 0 Å². The predicted molar refractivity (Wildman–Crippen MR) is 61.2 cm³/mol. The van der Waals surface area contributed by atoms with Crippen LogP contribution in [0.2, 0.25) is 0 Å². The molecule has 1 unspecified atom stereocenters. The Morgan fingerprint density at radius 2 is 1.79 bits per heavy atom. The molecule has 1 fully saturated rings. The van der Waals surface area contributed by atoms with Gasteiger partial charge in [0.1, 0.15) is 0 Å². The topological polar surface area (TPSA) is 6.48 Å². The number of hydrogen-bond donors (Lipinski definition) is 0. The average Bonchev–Trinajstić information content (AvgIpc) is 2.16. The molecule has 1 heterocycles. The van der Waals surface area contributed by atoms with Crippen LogP contribution in [0.15, 0.2) is 0 Å². The van der Waals surface area contributed by atoms with Crippen LogP contribution in [0.5, 0.6) is 0 Å². The highest BCUT2D eigenvalue weighted by atomic mass is 15.3. The Labute approximate surface area is 88.3 Å². The molecular formula is C12H22N2. The van der Waals surface area contributed by atoms with Crippen LogP contribution in [0.25, 0.3) is 0 Å². The lowest BCUT2D eigenvalue weighted by atomic mass is 10.1. The van der Waals surface area contributed by atoms with E-state index in [-0.39, 0.29) is 0 Å². The van der Waals surface area contributed by atoms with Gasteiger partial charge in [0.2, 0.25) is 0 Å². The van der Waals surface area contributed by atoms with E-state index in [0.29, 0.717) is 18.1 Å². The van der Waals surface area contributed by atoms with Gasteiger partial charge in [-0.25, -0.2) is 0 Å². The van der Waals surface area contributed by atoms with E-state index < -0.39 is 0 Å². The van der Waals surface area contributed by atoms with Crippen molar-refractivity contribution < 1.29 is 0 Å². The van der Waals surface area contributed by atoms with E-state index in [2.05, 4.69) is 43.4 Å². The fourth-order valence-corrected chi connectivity index (χ4v) is 2.05. The lowest BCUT2D eigenvalue weighted by molar-refractivity contribution is 0.0609. The Morgan fingerprint density at radius 3 is 2.21 bits per heavy atom. The first kappa shape index (κ1) is 11.6. The van der Waals surface area contributed by atoms with Gasteiger partial charge in [0.05, 0.1) is 6.04 Å². The molecule has 0 aromatic rings. The molecule has 80 valence electrons. The molecule has 0 saturated carbocycles. The fraction of sp³-hybridized carbons (Fsp3) is 0.833. The van der Waals surface area contributed by atoms with Crippen molar-refractivity contribution in [3.63, 3.8) is 0 Å². The zero-order chi connectivity index (χ0) is 10.7. The summed E-state index contributed by atoms with van der Waals surface area (Å²) in [6.45, 7) is 12.2. The molecule has 0 spiro atoms. The number of piperazine rings is 1. The van der Waals surface area contributed by atoms with Gasteiger partial charge in [-0.05, 0) is 27.7 Å². The van der Waals surface area contributed by atoms with Crippen LogP contribution in [-0.2, 0) is 0 Å². The third kappa shape index (κ3) is 2.50. The SMILES string of the molecule is C#CC1CN(C(C)C)CCN1C(C)C. The van der Waals surface area contributed by atoms with Crippen LogP contribution < -0.4 is 0 Å². The van der Waals surface area contributed by atoms with Crippen LogP contribution in [-0.4, -0.2) is 47.6 Å². The molecule has 2 heteroatoms. The highest BCUT2D eigenvalue weighted by Gasteiger charge is 2.27. The van der Waals surface area contributed by atoms with Gasteiger partial charge in [-0.1, -0.05) is 5.92 Å². The maximum absolute atomic E-state index is 5.58. The van der Waals surface area contributed by atoms with Crippen molar-refractivity contribution in [1.82, 2.24) is 9.80 Å². The molecule has 0 aromatic carbocycles. The summed E-state index contributed by atoms with van der Waals surface area (Å²) in [6.07, 6.45) is 5.58. The number of rotatable bonds is 2. The van der Waals surface area contributed by atoms with Gasteiger partial charge in [0.15, 0.2) is 0 Å². The second-order valence-corrected chi connectivity index (χ2v) is 4.60. The van der Waals surface area contributed by atoms with E-state index in [0.717, 1.165) is 19.6 Å². The Morgan fingerprint density at radius 1 is 1.14 bits per heavy atom. The largest absolute Gasteiger partial charge is 0.297 e. The van der Waals surface area contributed by atoms with Gasteiger partial charge in [-0.15, -0.1) is 6.42 Å². The molecule has 1 rings (SSSR count). The Bertz CT molecular complexity index is 215. The Balaban J connectivity index is 2.60. The smallest absolute Gasteiger partial charge is 0.0843 e. The molecule has 0 amide bonds. The lowest BCUT2D eigenvalue weighted by Gasteiger charge is -2.42. The molecule has 2 nitrogen and oxygen atoms in total. The van der Waals surface area contributed by atoms with Crippen LogP contribution >= 0.6 is 0 Å². The van der Waals surface area contributed by atoms with E-state index in [4.69, 9.17) is 6.42 Å². The molecule has 0 N–H and O–H groups in total. The number of nitrogens with zero attached hydrogens (tertiary/aromatic N) is 2. The molecule has 0 aromatic heterocycles. The number of hydrogen-bond acceptors (Lipinski definition) is 2. The van der Waals surface area contributed by atoms with Crippen LogP contribution in [0, 0.1) is 12.3 Å². The van der Waals surface area contributed by atoms with Crippen molar-refractivity contribution >= 4 is 0 Å². The summed E-state index contributed by atoms with van der Waals surface area (Å²) in [6, 6.07) is 1.47. The van der Waals surface area contributed by atoms with E-state index in [1.807, 2.05) is 0 Å². The summed E-state index contributed by atoms with van der Waals surface area (Å²) in [5.41, 5.74) is 0. The van der Waals surface area contributed by atoms with Crippen LogP contribution in [0.4, 0.5) is 0 Å². The monoisotopic (exact) mass is 194 g/mol. The minimum absolute atomic E-state index is 0.297.